The lowest BCUT2D eigenvalue weighted by Gasteiger charge is -2.24. The Bertz CT molecular complexity index is 1270. The Morgan fingerprint density at radius 2 is 1.88 bits per heavy atom. The van der Waals surface area contributed by atoms with E-state index in [1.54, 1.807) is 70.4 Å². The molecule has 2 amide bonds. The van der Waals surface area contributed by atoms with Gasteiger partial charge >= 0.3 is 6.09 Å². The average molecular weight is 459 g/mol. The van der Waals surface area contributed by atoms with Crippen molar-refractivity contribution in [2.24, 2.45) is 0 Å². The molecule has 0 radical (unpaired) electrons. The Morgan fingerprint density at radius 1 is 1.16 bits per heavy atom. The maximum absolute atomic E-state index is 12.9. The third-order valence-corrected chi connectivity index (χ3v) is 5.32. The third kappa shape index (κ3) is 5.44. The fraction of sp³-hybridized carbons (Fsp3) is 0.318. The first-order chi connectivity index (χ1) is 14.8. The first-order valence-corrected chi connectivity index (χ1v) is 11.8. The van der Waals surface area contributed by atoms with E-state index in [1.165, 1.54) is 9.30 Å². The Labute approximate surface area is 186 Å². The second kappa shape index (κ2) is 8.62. The molecule has 1 N–H and O–H groups in total. The Morgan fingerprint density at radius 3 is 2.53 bits per heavy atom. The van der Waals surface area contributed by atoms with Crippen molar-refractivity contribution >= 4 is 33.0 Å². The van der Waals surface area contributed by atoms with Crippen LogP contribution in [0.15, 0.2) is 53.8 Å². The fourth-order valence-corrected chi connectivity index (χ4v) is 3.83. The molecule has 0 aliphatic rings. The number of ether oxygens (including phenoxy) is 1. The van der Waals surface area contributed by atoms with Crippen molar-refractivity contribution in [2.75, 3.05) is 18.6 Å². The molecule has 0 aliphatic carbocycles. The summed E-state index contributed by atoms with van der Waals surface area (Å²) in [5.74, 6) is -0.541. The van der Waals surface area contributed by atoms with Gasteiger partial charge in [0.2, 0.25) is 15.0 Å². The van der Waals surface area contributed by atoms with E-state index >= 15 is 0 Å². The number of rotatable bonds is 5. The minimum atomic E-state index is -3.63. The van der Waals surface area contributed by atoms with Gasteiger partial charge in [0.25, 0.3) is 5.91 Å². The van der Waals surface area contributed by atoms with E-state index in [0.29, 0.717) is 11.2 Å². The predicted molar refractivity (Wildman–Crippen MR) is 120 cm³/mol. The number of fused-ring (bicyclic) bond motifs is 1. The zero-order valence-corrected chi connectivity index (χ0v) is 19.4. The number of hydrogen-bond donors (Lipinski definition) is 1. The summed E-state index contributed by atoms with van der Waals surface area (Å²) in [4.78, 5) is 30.6. The van der Waals surface area contributed by atoms with E-state index in [2.05, 4.69) is 10.3 Å². The average Bonchev–Trinajstić information content (AvgIpc) is 3.07. The van der Waals surface area contributed by atoms with Gasteiger partial charge in [-0.2, -0.15) is 0 Å². The molecule has 10 heteroatoms. The van der Waals surface area contributed by atoms with Crippen LogP contribution in [0.1, 0.15) is 36.8 Å². The van der Waals surface area contributed by atoms with Crippen molar-refractivity contribution in [1.82, 2.24) is 14.3 Å². The van der Waals surface area contributed by atoms with Gasteiger partial charge in [-0.15, -0.1) is 0 Å². The van der Waals surface area contributed by atoms with Crippen molar-refractivity contribution in [2.45, 2.75) is 38.1 Å². The molecule has 170 valence electrons. The maximum atomic E-state index is 12.9. The number of sulfone groups is 1. The lowest BCUT2D eigenvalue weighted by atomic mass is 10.2. The molecule has 0 saturated carbocycles. The highest BCUT2D eigenvalue weighted by Gasteiger charge is 2.23. The van der Waals surface area contributed by atoms with Gasteiger partial charge in [-0.05, 0) is 50.6 Å². The lowest BCUT2D eigenvalue weighted by Crippen LogP contribution is -2.33. The number of imidazole rings is 1. The summed E-state index contributed by atoms with van der Waals surface area (Å²) in [6.45, 7) is 5.67. The number of aromatic nitrogens is 2. The van der Waals surface area contributed by atoms with Gasteiger partial charge in [0.05, 0.1) is 5.52 Å². The highest BCUT2D eigenvalue weighted by atomic mass is 32.2. The van der Waals surface area contributed by atoms with Crippen molar-refractivity contribution in [3.63, 3.8) is 0 Å². The second-order valence-corrected chi connectivity index (χ2v) is 10.4. The van der Waals surface area contributed by atoms with Crippen LogP contribution in [0, 0.1) is 0 Å². The van der Waals surface area contributed by atoms with Crippen LogP contribution in [0.25, 0.3) is 5.52 Å². The summed E-state index contributed by atoms with van der Waals surface area (Å²) in [5.41, 5.74) is 1.05. The zero-order chi connectivity index (χ0) is 23.7. The minimum absolute atomic E-state index is 0.00213. The molecular formula is C22H26N4O5S. The van der Waals surface area contributed by atoms with Crippen LogP contribution in [0.5, 0.6) is 0 Å². The molecule has 0 bridgehead atoms. The molecule has 9 nitrogen and oxygen atoms in total. The first-order valence-electron chi connectivity index (χ1n) is 9.87. The van der Waals surface area contributed by atoms with Crippen molar-refractivity contribution in [3.05, 3.63) is 59.9 Å². The third-order valence-electron chi connectivity index (χ3n) is 4.37. The van der Waals surface area contributed by atoms with Crippen LogP contribution in [0.4, 0.5) is 10.5 Å². The van der Waals surface area contributed by atoms with E-state index in [4.69, 9.17) is 4.74 Å². The molecule has 32 heavy (non-hydrogen) atoms. The number of benzene rings is 1. The van der Waals surface area contributed by atoms with E-state index in [-0.39, 0.29) is 17.4 Å². The van der Waals surface area contributed by atoms with Crippen LogP contribution in [0.3, 0.4) is 0 Å². The van der Waals surface area contributed by atoms with Crippen LogP contribution in [0.2, 0.25) is 0 Å². The monoisotopic (exact) mass is 458 g/mol. The molecule has 1 aromatic carbocycles. The topological polar surface area (TPSA) is 110 Å². The van der Waals surface area contributed by atoms with E-state index in [0.717, 1.165) is 11.8 Å². The molecule has 3 rings (SSSR count). The van der Waals surface area contributed by atoms with Crippen LogP contribution >= 0.6 is 0 Å². The largest absolute Gasteiger partial charge is 0.444 e. The molecule has 0 unspecified atom stereocenters. The molecule has 2 aromatic heterocycles. The first kappa shape index (κ1) is 23.3. The summed E-state index contributed by atoms with van der Waals surface area (Å²) in [5, 5.41) is 2.55. The minimum Gasteiger partial charge on any atom is -0.444 e. The van der Waals surface area contributed by atoms with Crippen molar-refractivity contribution in [3.8, 4) is 0 Å². The van der Waals surface area contributed by atoms with Gasteiger partial charge in [0.15, 0.2) is 5.69 Å². The SMILES string of the molecule is CN(Cc1cccc(NC(=O)c2nc(S(C)(=O)=O)n3ccccc23)c1)C(=O)OC(C)(C)C. The Kier molecular flexibility index (Phi) is 6.27. The van der Waals surface area contributed by atoms with Crippen LogP contribution < -0.4 is 5.32 Å². The smallest absolute Gasteiger partial charge is 0.410 e. The number of amides is 2. The number of carbonyl (C=O) groups excluding carboxylic acids is 2. The van der Waals surface area contributed by atoms with Gasteiger partial charge in [0.1, 0.15) is 5.60 Å². The van der Waals surface area contributed by atoms with E-state index in [9.17, 15) is 18.0 Å². The molecule has 2 heterocycles. The molecule has 0 aliphatic heterocycles. The van der Waals surface area contributed by atoms with Gasteiger partial charge in [-0.25, -0.2) is 18.2 Å². The molecule has 3 aromatic rings. The molecule has 0 spiro atoms. The van der Waals surface area contributed by atoms with Gasteiger partial charge < -0.3 is 15.0 Å². The van der Waals surface area contributed by atoms with Crippen molar-refractivity contribution < 1.29 is 22.7 Å². The summed E-state index contributed by atoms with van der Waals surface area (Å²) in [6.07, 6.45) is 2.13. The maximum Gasteiger partial charge on any atom is 0.410 e. The van der Waals surface area contributed by atoms with Gasteiger partial charge in [0, 0.05) is 31.7 Å². The number of pyridine rings is 1. The Hall–Kier alpha value is -3.40. The number of anilines is 1. The fourth-order valence-electron chi connectivity index (χ4n) is 3.05. The standard InChI is InChI=1S/C22H26N4O5S/c1-22(2,3)31-21(28)25(4)14-15-9-8-10-16(13-15)23-19(27)18-17-11-6-7-12-26(17)20(24-18)32(5,29)30/h6-13H,14H2,1-5H3,(H,23,27). The quantitative estimate of drug-likeness (QED) is 0.628. The number of hydrogen-bond acceptors (Lipinski definition) is 6. The van der Waals surface area contributed by atoms with E-state index < -0.39 is 27.4 Å². The van der Waals surface area contributed by atoms with E-state index in [1.807, 2.05) is 6.07 Å². The summed E-state index contributed by atoms with van der Waals surface area (Å²) in [6, 6.07) is 12.0. The molecular weight excluding hydrogens is 432 g/mol. The number of carbonyl (C=O) groups is 2. The molecule has 0 fully saturated rings. The highest BCUT2D eigenvalue weighted by molar-refractivity contribution is 7.90. The summed E-state index contributed by atoms with van der Waals surface area (Å²) in [7, 11) is -2.01. The highest BCUT2D eigenvalue weighted by Crippen LogP contribution is 2.20. The molecule has 0 atom stereocenters. The lowest BCUT2D eigenvalue weighted by molar-refractivity contribution is 0.0285. The summed E-state index contributed by atoms with van der Waals surface area (Å²) < 4.78 is 30.9. The van der Waals surface area contributed by atoms with Gasteiger partial charge in [-0.1, -0.05) is 18.2 Å². The normalized spacial score (nSPS) is 11.9. The second-order valence-electron chi connectivity index (χ2n) is 8.46. The number of nitrogens with zero attached hydrogens (tertiary/aromatic N) is 3. The Balaban J connectivity index is 1.81. The van der Waals surface area contributed by atoms with Gasteiger partial charge in [-0.3, -0.25) is 9.20 Å². The number of nitrogens with one attached hydrogen (secondary N) is 1. The van der Waals surface area contributed by atoms with Crippen LogP contribution in [-0.4, -0.2) is 53.6 Å². The van der Waals surface area contributed by atoms with Crippen molar-refractivity contribution in [1.29, 1.82) is 0 Å². The predicted octanol–water partition coefficient (Wildman–Crippen LogP) is 3.36. The van der Waals surface area contributed by atoms with Crippen LogP contribution in [-0.2, 0) is 21.1 Å². The summed E-state index contributed by atoms with van der Waals surface area (Å²) >= 11 is 0. The zero-order valence-electron chi connectivity index (χ0n) is 18.6. The molecule has 0 saturated heterocycles.